The molecule has 30 heavy (non-hydrogen) atoms. The molecule has 0 saturated carbocycles. The van der Waals surface area contributed by atoms with Crippen LogP contribution in [0.2, 0.25) is 0 Å². The van der Waals surface area contributed by atoms with E-state index in [1.807, 2.05) is 12.1 Å². The molecule has 0 unspecified atom stereocenters. The van der Waals surface area contributed by atoms with Crippen molar-refractivity contribution in [3.63, 3.8) is 0 Å². The Kier molecular flexibility index (Phi) is 5.20. The van der Waals surface area contributed by atoms with Crippen LogP contribution in [-0.4, -0.2) is 21.5 Å². The lowest BCUT2D eigenvalue weighted by atomic mass is 10.0. The molecule has 1 aliphatic rings. The summed E-state index contributed by atoms with van der Waals surface area (Å²) < 4.78 is 46.9. The van der Waals surface area contributed by atoms with Gasteiger partial charge in [-0.05, 0) is 41.1 Å². The summed E-state index contributed by atoms with van der Waals surface area (Å²) in [7, 11) is 0. The zero-order valence-electron chi connectivity index (χ0n) is 16.2. The maximum atomic E-state index is 13.0. The molecule has 3 aromatic rings. The van der Waals surface area contributed by atoms with Gasteiger partial charge in [0.25, 0.3) is 11.8 Å². The third-order valence-corrected chi connectivity index (χ3v) is 4.07. The molecule has 0 radical (unpaired) electrons. The van der Waals surface area contributed by atoms with Gasteiger partial charge in [0.1, 0.15) is 5.76 Å². The number of halogens is 2. The SMILES string of the molecule is Cc1nnc(COc2noc3ccc(C4=C=C/C=C(/OC(C)(F)F)C/C=C\4)cc23)o1. The Morgan fingerprint density at radius 1 is 1.27 bits per heavy atom. The van der Waals surface area contributed by atoms with Gasteiger partial charge in [-0.25, -0.2) is 0 Å². The number of nitrogens with zero attached hydrogens (tertiary/aromatic N) is 3. The molecule has 7 nitrogen and oxygen atoms in total. The molecule has 2 aromatic heterocycles. The van der Waals surface area contributed by atoms with Crippen LogP contribution in [0.3, 0.4) is 0 Å². The van der Waals surface area contributed by atoms with Crippen molar-refractivity contribution in [1.29, 1.82) is 0 Å². The predicted octanol–water partition coefficient (Wildman–Crippen LogP) is 5.11. The Hall–Kier alpha value is -3.71. The minimum absolute atomic E-state index is 0.0604. The van der Waals surface area contributed by atoms with Crippen LogP contribution >= 0.6 is 0 Å². The molecule has 0 atom stereocenters. The second-order valence-electron chi connectivity index (χ2n) is 6.58. The number of rotatable bonds is 6. The average Bonchev–Trinajstić information content (AvgIpc) is 3.26. The average molecular weight is 413 g/mol. The summed E-state index contributed by atoms with van der Waals surface area (Å²) in [4.78, 5) is 0. The molecule has 154 valence electrons. The second kappa shape index (κ2) is 7.96. The molecule has 0 amide bonds. The van der Waals surface area contributed by atoms with Crippen LogP contribution in [0.1, 0.15) is 30.7 Å². The van der Waals surface area contributed by atoms with Crippen LogP contribution in [0.25, 0.3) is 16.5 Å². The molecule has 4 rings (SSSR count). The van der Waals surface area contributed by atoms with Crippen LogP contribution < -0.4 is 4.74 Å². The largest absolute Gasteiger partial charge is 0.465 e. The Morgan fingerprint density at radius 2 is 2.13 bits per heavy atom. The molecular weight excluding hydrogens is 396 g/mol. The minimum atomic E-state index is -3.23. The summed E-state index contributed by atoms with van der Waals surface area (Å²) in [6.07, 6.45) is 3.55. The number of hydrogen-bond acceptors (Lipinski definition) is 7. The van der Waals surface area contributed by atoms with Crippen molar-refractivity contribution in [2.75, 3.05) is 0 Å². The van der Waals surface area contributed by atoms with Gasteiger partial charge in [0, 0.05) is 25.8 Å². The zero-order chi connectivity index (χ0) is 21.1. The van der Waals surface area contributed by atoms with Crippen molar-refractivity contribution in [2.24, 2.45) is 0 Å². The second-order valence-corrected chi connectivity index (χ2v) is 6.58. The van der Waals surface area contributed by atoms with E-state index in [9.17, 15) is 8.78 Å². The molecule has 0 bridgehead atoms. The fourth-order valence-electron chi connectivity index (χ4n) is 2.83. The summed E-state index contributed by atoms with van der Waals surface area (Å²) in [5, 5.41) is 12.2. The third kappa shape index (κ3) is 4.64. The number of benzene rings is 1. The number of aromatic nitrogens is 3. The van der Waals surface area contributed by atoms with E-state index in [-0.39, 0.29) is 18.8 Å². The number of allylic oxidation sites excluding steroid dienone is 4. The fraction of sp³-hybridized carbons (Fsp3) is 0.238. The highest BCUT2D eigenvalue weighted by molar-refractivity contribution is 5.87. The van der Waals surface area contributed by atoms with E-state index in [2.05, 4.69) is 25.8 Å². The number of alkyl halides is 2. The van der Waals surface area contributed by atoms with Crippen LogP contribution in [0.15, 0.2) is 62.9 Å². The van der Waals surface area contributed by atoms with Crippen molar-refractivity contribution >= 4 is 16.5 Å². The topological polar surface area (TPSA) is 83.4 Å². The Balaban J connectivity index is 1.59. The Bertz CT molecular complexity index is 1190. The predicted molar refractivity (Wildman–Crippen MR) is 102 cm³/mol. The Morgan fingerprint density at radius 3 is 2.90 bits per heavy atom. The van der Waals surface area contributed by atoms with Crippen molar-refractivity contribution in [3.05, 3.63) is 71.3 Å². The normalized spacial score (nSPS) is 17.1. The molecule has 0 aliphatic heterocycles. The van der Waals surface area contributed by atoms with Crippen LogP contribution in [0, 0.1) is 6.92 Å². The molecular formula is C21H17F2N3O4. The van der Waals surface area contributed by atoms with E-state index in [4.69, 9.17) is 13.7 Å². The van der Waals surface area contributed by atoms with Crippen LogP contribution in [0.5, 0.6) is 5.88 Å². The molecule has 1 aromatic carbocycles. The number of hydrogen-bond donors (Lipinski definition) is 0. The molecule has 0 saturated heterocycles. The van der Waals surface area contributed by atoms with E-state index in [0.29, 0.717) is 35.6 Å². The molecule has 0 spiro atoms. The van der Waals surface area contributed by atoms with Gasteiger partial charge < -0.3 is 18.4 Å². The van der Waals surface area contributed by atoms with Crippen molar-refractivity contribution in [3.8, 4) is 5.88 Å². The fourth-order valence-corrected chi connectivity index (χ4v) is 2.83. The van der Waals surface area contributed by atoms with Gasteiger partial charge in [-0.1, -0.05) is 12.2 Å². The van der Waals surface area contributed by atoms with Crippen LogP contribution in [0.4, 0.5) is 8.78 Å². The summed E-state index contributed by atoms with van der Waals surface area (Å²) >= 11 is 0. The van der Waals surface area contributed by atoms with Gasteiger partial charge in [-0.3, -0.25) is 0 Å². The van der Waals surface area contributed by atoms with E-state index < -0.39 is 6.11 Å². The summed E-state index contributed by atoms with van der Waals surface area (Å²) in [6.45, 7) is 2.45. The smallest absolute Gasteiger partial charge is 0.394 e. The monoisotopic (exact) mass is 413 g/mol. The quantitative estimate of drug-likeness (QED) is 0.519. The third-order valence-electron chi connectivity index (χ3n) is 4.07. The zero-order valence-corrected chi connectivity index (χ0v) is 16.2. The lowest BCUT2D eigenvalue weighted by Crippen LogP contribution is -2.14. The van der Waals surface area contributed by atoms with E-state index in [1.165, 1.54) is 6.08 Å². The number of aryl methyl sites for hydroxylation is 1. The maximum absolute atomic E-state index is 13.0. The lowest BCUT2D eigenvalue weighted by molar-refractivity contribution is -0.199. The highest BCUT2D eigenvalue weighted by Crippen LogP contribution is 2.30. The van der Waals surface area contributed by atoms with Crippen molar-refractivity contribution < 1.29 is 27.2 Å². The minimum Gasteiger partial charge on any atom is -0.465 e. The van der Waals surface area contributed by atoms with E-state index in [1.54, 1.807) is 31.2 Å². The summed E-state index contributed by atoms with van der Waals surface area (Å²) in [6, 6.07) is 5.47. The highest BCUT2D eigenvalue weighted by atomic mass is 19.3. The van der Waals surface area contributed by atoms with Crippen molar-refractivity contribution in [1.82, 2.24) is 15.4 Å². The van der Waals surface area contributed by atoms with Gasteiger partial charge in [0.05, 0.1) is 5.39 Å². The first kappa shape index (κ1) is 19.6. The first-order chi connectivity index (χ1) is 14.4. The van der Waals surface area contributed by atoms with Gasteiger partial charge >= 0.3 is 6.11 Å². The first-order valence-electron chi connectivity index (χ1n) is 9.08. The highest BCUT2D eigenvalue weighted by Gasteiger charge is 2.23. The summed E-state index contributed by atoms with van der Waals surface area (Å²) in [5.41, 5.74) is 5.21. The van der Waals surface area contributed by atoms with Gasteiger partial charge in [-0.15, -0.1) is 15.9 Å². The molecule has 0 N–H and O–H groups in total. The summed E-state index contributed by atoms with van der Waals surface area (Å²) in [5.74, 6) is 1.23. The standard InChI is InChI=1S/C21H17F2N3O4/c1-13-24-25-19(28-13)12-27-20-17-11-15(9-10-18(17)30-26-20)14-5-3-7-16(8-4-6-14)29-21(2,22)23/h3-5,8-11H,7,12H2,1-2H3/b5-3-,16-8+. The lowest BCUT2D eigenvalue weighted by Gasteiger charge is -2.15. The van der Waals surface area contributed by atoms with Gasteiger partial charge in [0.15, 0.2) is 12.2 Å². The molecule has 0 fully saturated rings. The number of fused-ring (bicyclic) bond motifs is 1. The molecule has 9 heteroatoms. The van der Waals surface area contributed by atoms with E-state index in [0.717, 1.165) is 11.1 Å². The first-order valence-corrected chi connectivity index (χ1v) is 9.08. The van der Waals surface area contributed by atoms with Gasteiger partial charge in [-0.2, -0.15) is 8.78 Å². The van der Waals surface area contributed by atoms with Gasteiger partial charge in [0.2, 0.25) is 5.89 Å². The van der Waals surface area contributed by atoms with Crippen molar-refractivity contribution in [2.45, 2.75) is 33.0 Å². The maximum Gasteiger partial charge on any atom is 0.394 e. The Labute approximate surface area is 170 Å². The van der Waals surface area contributed by atoms with E-state index >= 15 is 0 Å². The molecule has 1 aliphatic carbocycles. The number of ether oxygens (including phenoxy) is 2. The molecule has 2 heterocycles. The van der Waals surface area contributed by atoms with Crippen LogP contribution in [-0.2, 0) is 11.3 Å².